The van der Waals surface area contributed by atoms with Crippen LogP contribution in [0.3, 0.4) is 0 Å². The molecule has 0 aliphatic rings. The van der Waals surface area contributed by atoms with Crippen molar-refractivity contribution in [2.24, 2.45) is 5.10 Å². The number of anilines is 1. The van der Waals surface area contributed by atoms with Crippen LogP contribution in [0.2, 0.25) is 0 Å². The minimum absolute atomic E-state index is 0.110. The Hall–Kier alpha value is -3.59. The van der Waals surface area contributed by atoms with E-state index in [9.17, 15) is 4.79 Å². The molecule has 178 valence electrons. The SMILES string of the molecule is CCOc1cc(/C=N\NC(=O)CNc2cccc3ccccc23)cc(I)c1OCc1ccccc1. The fourth-order valence-corrected chi connectivity index (χ4v) is 4.35. The molecule has 0 saturated heterocycles. The standard InChI is InChI=1S/C28H26IN3O3/c1-2-34-26-16-21(15-24(29)28(26)35-19-20-9-4-3-5-10-20)17-31-32-27(33)18-30-25-14-8-12-22-11-6-7-13-23(22)25/h3-17,30H,2,18-19H2,1H3,(H,32,33)/b31-17-. The fraction of sp³-hybridized carbons (Fsp3) is 0.143. The summed E-state index contributed by atoms with van der Waals surface area (Å²) in [6.07, 6.45) is 1.60. The highest BCUT2D eigenvalue weighted by molar-refractivity contribution is 14.1. The van der Waals surface area contributed by atoms with Crippen molar-refractivity contribution < 1.29 is 14.3 Å². The minimum Gasteiger partial charge on any atom is -0.490 e. The van der Waals surface area contributed by atoms with Crippen molar-refractivity contribution in [1.29, 1.82) is 0 Å². The second kappa shape index (κ2) is 12.2. The highest BCUT2D eigenvalue weighted by Gasteiger charge is 2.12. The Kier molecular flexibility index (Phi) is 8.56. The molecule has 4 aromatic carbocycles. The van der Waals surface area contributed by atoms with E-state index in [-0.39, 0.29) is 12.5 Å². The number of rotatable bonds is 10. The molecule has 0 saturated carbocycles. The van der Waals surface area contributed by atoms with Crippen molar-refractivity contribution in [2.75, 3.05) is 18.5 Å². The van der Waals surface area contributed by atoms with Crippen LogP contribution < -0.4 is 20.2 Å². The van der Waals surface area contributed by atoms with Gasteiger partial charge in [-0.25, -0.2) is 5.43 Å². The van der Waals surface area contributed by atoms with E-state index in [0.717, 1.165) is 31.2 Å². The van der Waals surface area contributed by atoms with Crippen LogP contribution >= 0.6 is 22.6 Å². The Morgan fingerprint density at radius 2 is 1.74 bits per heavy atom. The number of carbonyl (C=O) groups is 1. The molecule has 4 rings (SSSR count). The van der Waals surface area contributed by atoms with Gasteiger partial charge in [-0.1, -0.05) is 66.7 Å². The van der Waals surface area contributed by atoms with E-state index in [1.165, 1.54) is 0 Å². The van der Waals surface area contributed by atoms with Gasteiger partial charge < -0.3 is 14.8 Å². The Morgan fingerprint density at radius 3 is 2.57 bits per heavy atom. The lowest BCUT2D eigenvalue weighted by molar-refractivity contribution is -0.119. The topological polar surface area (TPSA) is 72.0 Å². The van der Waals surface area contributed by atoms with E-state index in [1.54, 1.807) is 6.21 Å². The molecule has 0 bridgehead atoms. The van der Waals surface area contributed by atoms with Gasteiger partial charge in [0.2, 0.25) is 0 Å². The summed E-state index contributed by atoms with van der Waals surface area (Å²) < 4.78 is 12.8. The maximum absolute atomic E-state index is 12.3. The van der Waals surface area contributed by atoms with E-state index in [2.05, 4.69) is 38.4 Å². The summed E-state index contributed by atoms with van der Waals surface area (Å²) in [7, 11) is 0. The largest absolute Gasteiger partial charge is 0.490 e. The Balaban J connectivity index is 1.37. The molecule has 0 fully saturated rings. The highest BCUT2D eigenvalue weighted by Crippen LogP contribution is 2.34. The third-order valence-electron chi connectivity index (χ3n) is 5.19. The van der Waals surface area contributed by atoms with E-state index < -0.39 is 0 Å². The molecule has 6 nitrogen and oxygen atoms in total. The van der Waals surface area contributed by atoms with Crippen molar-refractivity contribution in [3.63, 3.8) is 0 Å². The number of nitrogens with zero attached hydrogens (tertiary/aromatic N) is 1. The number of carbonyl (C=O) groups excluding carboxylic acids is 1. The zero-order valence-corrected chi connectivity index (χ0v) is 21.5. The lowest BCUT2D eigenvalue weighted by Gasteiger charge is -2.14. The Morgan fingerprint density at radius 1 is 0.971 bits per heavy atom. The molecule has 1 amide bonds. The molecule has 2 N–H and O–H groups in total. The first-order chi connectivity index (χ1) is 17.1. The van der Waals surface area contributed by atoms with Gasteiger partial charge in [0, 0.05) is 11.1 Å². The predicted octanol–water partition coefficient (Wildman–Crippen LogP) is 5.98. The Bertz CT molecular complexity index is 1320. The van der Waals surface area contributed by atoms with Gasteiger partial charge in [0.1, 0.15) is 6.61 Å². The van der Waals surface area contributed by atoms with Crippen LogP contribution in [-0.4, -0.2) is 25.3 Å². The lowest BCUT2D eigenvalue weighted by Crippen LogP contribution is -2.25. The van der Waals surface area contributed by atoms with Crippen molar-refractivity contribution in [2.45, 2.75) is 13.5 Å². The van der Waals surface area contributed by atoms with E-state index in [1.807, 2.05) is 91.9 Å². The van der Waals surface area contributed by atoms with Crippen molar-refractivity contribution in [1.82, 2.24) is 5.43 Å². The van der Waals surface area contributed by atoms with Gasteiger partial charge in [0.05, 0.1) is 22.9 Å². The first-order valence-electron chi connectivity index (χ1n) is 11.3. The first kappa shape index (κ1) is 24.5. The molecular formula is C28H26IN3O3. The molecule has 0 atom stereocenters. The molecule has 0 aliphatic carbocycles. The normalized spacial score (nSPS) is 10.9. The predicted molar refractivity (Wildman–Crippen MR) is 149 cm³/mol. The van der Waals surface area contributed by atoms with Gasteiger partial charge >= 0.3 is 0 Å². The summed E-state index contributed by atoms with van der Waals surface area (Å²) in [5.74, 6) is 1.09. The number of benzene rings is 4. The number of hydrogen-bond acceptors (Lipinski definition) is 5. The highest BCUT2D eigenvalue weighted by atomic mass is 127. The molecule has 4 aromatic rings. The van der Waals surface area contributed by atoms with Gasteiger partial charge in [-0.05, 0) is 64.2 Å². The molecule has 0 unspecified atom stereocenters. The quantitative estimate of drug-likeness (QED) is 0.138. The van der Waals surface area contributed by atoms with Crippen molar-refractivity contribution in [3.8, 4) is 11.5 Å². The second-order valence-corrected chi connectivity index (χ2v) is 8.87. The van der Waals surface area contributed by atoms with E-state index >= 15 is 0 Å². The maximum atomic E-state index is 12.3. The lowest BCUT2D eigenvalue weighted by atomic mass is 10.1. The molecule has 0 spiro atoms. The summed E-state index contributed by atoms with van der Waals surface area (Å²) in [5, 5.41) is 9.49. The zero-order valence-electron chi connectivity index (χ0n) is 19.3. The number of hydrazone groups is 1. The average Bonchev–Trinajstić information content (AvgIpc) is 2.88. The minimum atomic E-state index is -0.239. The Labute approximate surface area is 218 Å². The van der Waals surface area contributed by atoms with E-state index in [0.29, 0.717) is 24.7 Å². The molecule has 7 heteroatoms. The summed E-state index contributed by atoms with van der Waals surface area (Å²) >= 11 is 2.22. The molecule has 0 aliphatic heterocycles. The van der Waals surface area contributed by atoms with Crippen LogP contribution in [0.15, 0.2) is 90.0 Å². The fourth-order valence-electron chi connectivity index (χ4n) is 3.57. The van der Waals surface area contributed by atoms with E-state index in [4.69, 9.17) is 9.47 Å². The van der Waals surface area contributed by atoms with Gasteiger partial charge in [0.25, 0.3) is 5.91 Å². The third-order valence-corrected chi connectivity index (χ3v) is 5.99. The van der Waals surface area contributed by atoms with Crippen LogP contribution in [-0.2, 0) is 11.4 Å². The molecule has 35 heavy (non-hydrogen) atoms. The number of amides is 1. The maximum Gasteiger partial charge on any atom is 0.259 e. The number of halogens is 1. The van der Waals surface area contributed by atoms with Crippen LogP contribution in [0.1, 0.15) is 18.1 Å². The van der Waals surface area contributed by atoms with Crippen LogP contribution in [0, 0.1) is 3.57 Å². The third kappa shape index (κ3) is 6.73. The average molecular weight is 579 g/mol. The number of nitrogens with one attached hydrogen (secondary N) is 2. The smallest absolute Gasteiger partial charge is 0.259 e. The summed E-state index contributed by atoms with van der Waals surface area (Å²) in [5.41, 5.74) is 5.36. The number of hydrogen-bond donors (Lipinski definition) is 2. The van der Waals surface area contributed by atoms with Gasteiger partial charge in [0.15, 0.2) is 11.5 Å². The van der Waals surface area contributed by atoms with Crippen molar-refractivity contribution >= 4 is 51.2 Å². The molecule has 0 radical (unpaired) electrons. The second-order valence-electron chi connectivity index (χ2n) is 7.71. The van der Waals surface area contributed by atoms with Crippen LogP contribution in [0.4, 0.5) is 5.69 Å². The molecular weight excluding hydrogens is 553 g/mol. The van der Waals surface area contributed by atoms with Gasteiger partial charge in [-0.3, -0.25) is 4.79 Å². The van der Waals surface area contributed by atoms with Gasteiger partial charge in [-0.2, -0.15) is 5.10 Å². The number of ether oxygens (including phenoxy) is 2. The van der Waals surface area contributed by atoms with Gasteiger partial charge in [-0.15, -0.1) is 0 Å². The molecule has 0 aromatic heterocycles. The van der Waals surface area contributed by atoms with Crippen LogP contribution in [0.5, 0.6) is 11.5 Å². The number of fused-ring (bicyclic) bond motifs is 1. The first-order valence-corrected chi connectivity index (χ1v) is 12.4. The van der Waals surface area contributed by atoms with Crippen LogP contribution in [0.25, 0.3) is 10.8 Å². The van der Waals surface area contributed by atoms with Crippen molar-refractivity contribution in [3.05, 3.63) is 99.6 Å². The summed E-state index contributed by atoms with van der Waals surface area (Å²) in [4.78, 5) is 12.3. The summed E-state index contributed by atoms with van der Waals surface area (Å²) in [6.45, 7) is 3.00. The molecule has 0 heterocycles. The summed E-state index contributed by atoms with van der Waals surface area (Å²) in [6, 6.07) is 27.8. The monoisotopic (exact) mass is 579 g/mol. The zero-order chi connectivity index (χ0) is 24.5.